The standard InChI is InChI=1S/C11H16N4O/c1-4-15(8-11(2,3)16)10-9(7-12)5-6-13-14-10/h5-6,16H,4,8H2,1-3H3. The molecule has 0 bridgehead atoms. The first-order valence-electron chi connectivity index (χ1n) is 5.17. The maximum Gasteiger partial charge on any atom is 0.169 e. The lowest BCUT2D eigenvalue weighted by atomic mass is 10.1. The molecule has 0 aliphatic heterocycles. The Morgan fingerprint density at radius 2 is 2.25 bits per heavy atom. The molecule has 0 radical (unpaired) electrons. The molecule has 0 saturated heterocycles. The lowest BCUT2D eigenvalue weighted by Gasteiger charge is -2.28. The number of rotatable bonds is 4. The summed E-state index contributed by atoms with van der Waals surface area (Å²) in [5.41, 5.74) is -0.360. The summed E-state index contributed by atoms with van der Waals surface area (Å²) in [5, 5.41) is 26.4. The molecule has 0 aliphatic rings. The zero-order valence-electron chi connectivity index (χ0n) is 9.80. The van der Waals surface area contributed by atoms with Gasteiger partial charge < -0.3 is 10.0 Å². The molecule has 0 atom stereocenters. The lowest BCUT2D eigenvalue weighted by Crippen LogP contribution is -2.39. The van der Waals surface area contributed by atoms with Crippen molar-refractivity contribution in [1.82, 2.24) is 10.2 Å². The van der Waals surface area contributed by atoms with Crippen LogP contribution in [0.2, 0.25) is 0 Å². The summed E-state index contributed by atoms with van der Waals surface area (Å²) in [7, 11) is 0. The Bertz CT molecular complexity index is 392. The van der Waals surface area contributed by atoms with E-state index in [4.69, 9.17) is 5.26 Å². The third-order valence-corrected chi connectivity index (χ3v) is 2.08. The van der Waals surface area contributed by atoms with Crippen molar-refractivity contribution in [2.75, 3.05) is 18.0 Å². The molecule has 1 heterocycles. The predicted molar refractivity (Wildman–Crippen MR) is 60.9 cm³/mol. The summed E-state index contributed by atoms with van der Waals surface area (Å²) in [5.74, 6) is 0.523. The van der Waals surface area contributed by atoms with Crippen molar-refractivity contribution in [2.45, 2.75) is 26.4 Å². The van der Waals surface area contributed by atoms with Gasteiger partial charge in [-0.2, -0.15) is 10.4 Å². The van der Waals surface area contributed by atoms with E-state index in [0.717, 1.165) is 0 Å². The van der Waals surface area contributed by atoms with Crippen LogP contribution >= 0.6 is 0 Å². The molecular weight excluding hydrogens is 204 g/mol. The summed E-state index contributed by atoms with van der Waals surface area (Å²) >= 11 is 0. The van der Waals surface area contributed by atoms with Crippen LogP contribution in [-0.2, 0) is 0 Å². The van der Waals surface area contributed by atoms with Gasteiger partial charge in [0.15, 0.2) is 5.82 Å². The monoisotopic (exact) mass is 220 g/mol. The summed E-state index contributed by atoms with van der Waals surface area (Å²) < 4.78 is 0. The summed E-state index contributed by atoms with van der Waals surface area (Å²) in [6, 6.07) is 3.69. The van der Waals surface area contributed by atoms with Crippen molar-refractivity contribution in [2.24, 2.45) is 0 Å². The number of anilines is 1. The number of aromatic nitrogens is 2. The van der Waals surface area contributed by atoms with Gasteiger partial charge in [0.05, 0.1) is 17.4 Å². The average molecular weight is 220 g/mol. The highest BCUT2D eigenvalue weighted by atomic mass is 16.3. The second-order valence-corrected chi connectivity index (χ2v) is 4.21. The maximum atomic E-state index is 9.77. The smallest absolute Gasteiger partial charge is 0.169 e. The van der Waals surface area contributed by atoms with E-state index in [1.54, 1.807) is 19.9 Å². The van der Waals surface area contributed by atoms with Crippen molar-refractivity contribution in [3.63, 3.8) is 0 Å². The first kappa shape index (κ1) is 12.4. The SMILES string of the molecule is CCN(CC(C)(C)O)c1nnccc1C#N. The fourth-order valence-corrected chi connectivity index (χ4v) is 1.45. The summed E-state index contributed by atoms with van der Waals surface area (Å²) in [4.78, 5) is 1.84. The second kappa shape index (κ2) is 4.90. The van der Waals surface area contributed by atoms with E-state index in [1.807, 2.05) is 11.8 Å². The average Bonchev–Trinajstić information content (AvgIpc) is 2.24. The molecule has 0 saturated carbocycles. The Labute approximate surface area is 95.3 Å². The first-order valence-corrected chi connectivity index (χ1v) is 5.17. The maximum absolute atomic E-state index is 9.77. The molecule has 1 N–H and O–H groups in total. The van der Waals surface area contributed by atoms with E-state index in [1.165, 1.54) is 6.20 Å². The predicted octanol–water partition coefficient (Wildman–Crippen LogP) is 0.945. The molecule has 0 amide bonds. The van der Waals surface area contributed by atoms with Gasteiger partial charge in [-0.05, 0) is 26.8 Å². The number of hydrogen-bond acceptors (Lipinski definition) is 5. The molecule has 1 aromatic rings. The minimum atomic E-state index is -0.833. The zero-order valence-corrected chi connectivity index (χ0v) is 9.80. The van der Waals surface area contributed by atoms with Crippen LogP contribution in [0.25, 0.3) is 0 Å². The Morgan fingerprint density at radius 1 is 1.56 bits per heavy atom. The highest BCUT2D eigenvalue weighted by Gasteiger charge is 2.20. The van der Waals surface area contributed by atoms with Crippen LogP contribution in [0.15, 0.2) is 12.3 Å². The zero-order chi connectivity index (χ0) is 12.2. The first-order chi connectivity index (χ1) is 7.48. The largest absolute Gasteiger partial charge is 0.389 e. The Morgan fingerprint density at radius 3 is 2.75 bits per heavy atom. The van der Waals surface area contributed by atoms with Gasteiger partial charge in [0.1, 0.15) is 6.07 Å². The third-order valence-electron chi connectivity index (χ3n) is 2.08. The van der Waals surface area contributed by atoms with Crippen LogP contribution in [0.1, 0.15) is 26.3 Å². The van der Waals surface area contributed by atoms with E-state index in [-0.39, 0.29) is 0 Å². The van der Waals surface area contributed by atoms with E-state index < -0.39 is 5.60 Å². The van der Waals surface area contributed by atoms with Gasteiger partial charge in [-0.15, -0.1) is 5.10 Å². The van der Waals surface area contributed by atoms with Crippen LogP contribution in [0, 0.1) is 11.3 Å². The number of nitrogens with zero attached hydrogens (tertiary/aromatic N) is 4. The van der Waals surface area contributed by atoms with Crippen molar-refractivity contribution >= 4 is 5.82 Å². The molecular formula is C11H16N4O. The molecule has 0 unspecified atom stereocenters. The van der Waals surface area contributed by atoms with Gasteiger partial charge >= 0.3 is 0 Å². The minimum Gasteiger partial charge on any atom is -0.389 e. The molecule has 5 nitrogen and oxygen atoms in total. The third kappa shape index (κ3) is 3.17. The molecule has 16 heavy (non-hydrogen) atoms. The van der Waals surface area contributed by atoms with Crippen molar-refractivity contribution in [3.8, 4) is 6.07 Å². The van der Waals surface area contributed by atoms with E-state index >= 15 is 0 Å². The van der Waals surface area contributed by atoms with Gasteiger partial charge in [0.2, 0.25) is 0 Å². The van der Waals surface area contributed by atoms with Crippen LogP contribution < -0.4 is 4.90 Å². The molecule has 0 fully saturated rings. The van der Waals surface area contributed by atoms with E-state index in [2.05, 4.69) is 16.3 Å². The molecule has 0 aliphatic carbocycles. The highest BCUT2D eigenvalue weighted by Crippen LogP contribution is 2.17. The Balaban J connectivity index is 3.00. The van der Waals surface area contributed by atoms with Gasteiger partial charge in [0, 0.05) is 13.1 Å². The quantitative estimate of drug-likeness (QED) is 0.817. The molecule has 86 valence electrons. The summed E-state index contributed by atoms with van der Waals surface area (Å²) in [6.07, 6.45) is 1.49. The van der Waals surface area contributed by atoms with Crippen molar-refractivity contribution < 1.29 is 5.11 Å². The number of hydrogen-bond donors (Lipinski definition) is 1. The minimum absolute atomic E-state index is 0.414. The Kier molecular flexibility index (Phi) is 3.80. The number of likely N-dealkylation sites (N-methyl/N-ethyl adjacent to an activating group) is 1. The highest BCUT2D eigenvalue weighted by molar-refractivity contribution is 5.52. The molecule has 1 aromatic heterocycles. The van der Waals surface area contributed by atoms with Crippen LogP contribution in [0.3, 0.4) is 0 Å². The molecule has 1 rings (SSSR count). The van der Waals surface area contributed by atoms with Gasteiger partial charge in [-0.3, -0.25) is 0 Å². The Hall–Kier alpha value is -1.67. The fourth-order valence-electron chi connectivity index (χ4n) is 1.45. The second-order valence-electron chi connectivity index (χ2n) is 4.21. The fraction of sp³-hybridized carbons (Fsp3) is 0.545. The van der Waals surface area contributed by atoms with Crippen LogP contribution in [-0.4, -0.2) is 34.0 Å². The van der Waals surface area contributed by atoms with Crippen molar-refractivity contribution in [3.05, 3.63) is 17.8 Å². The molecule has 0 spiro atoms. The van der Waals surface area contributed by atoms with Gasteiger partial charge in [-0.1, -0.05) is 0 Å². The molecule has 5 heteroatoms. The number of aliphatic hydroxyl groups is 1. The topological polar surface area (TPSA) is 73.0 Å². The van der Waals surface area contributed by atoms with Gasteiger partial charge in [0.25, 0.3) is 0 Å². The van der Waals surface area contributed by atoms with E-state index in [9.17, 15) is 5.11 Å². The normalized spacial score (nSPS) is 10.9. The van der Waals surface area contributed by atoms with Crippen LogP contribution in [0.4, 0.5) is 5.82 Å². The molecule has 0 aromatic carbocycles. The number of nitriles is 1. The van der Waals surface area contributed by atoms with E-state index in [0.29, 0.717) is 24.5 Å². The van der Waals surface area contributed by atoms with Crippen molar-refractivity contribution in [1.29, 1.82) is 5.26 Å². The van der Waals surface area contributed by atoms with Crippen LogP contribution in [0.5, 0.6) is 0 Å². The summed E-state index contributed by atoms with van der Waals surface area (Å²) in [6.45, 7) is 6.46. The lowest BCUT2D eigenvalue weighted by molar-refractivity contribution is 0.0873. The van der Waals surface area contributed by atoms with Gasteiger partial charge in [-0.25, -0.2) is 0 Å².